The molecule has 0 radical (unpaired) electrons. The number of benzene rings is 4. The molecule has 0 fully saturated rings. The van der Waals surface area contributed by atoms with E-state index < -0.39 is 8.07 Å². The first-order chi connectivity index (χ1) is 18.3. The van der Waals surface area contributed by atoms with Gasteiger partial charge in [0.25, 0.3) is 0 Å². The molecular weight excluding hydrogens is 485 g/mol. The first kappa shape index (κ1) is 24.3. The molecule has 0 aliphatic carbocycles. The molecule has 0 bridgehead atoms. The minimum absolute atomic E-state index is 0.275. The summed E-state index contributed by atoms with van der Waals surface area (Å²) in [4.78, 5) is 0. The van der Waals surface area contributed by atoms with Crippen LogP contribution in [-0.4, -0.2) is 8.07 Å². The summed E-state index contributed by atoms with van der Waals surface area (Å²) in [6.07, 6.45) is 2.11. The van der Waals surface area contributed by atoms with Crippen LogP contribution in [0.1, 0.15) is 11.1 Å². The number of hydrogen-bond acceptors (Lipinski definition) is 1. The SMILES string of the molecule is Cc1ccc(-c2c(C)ccc3c2oc2c(-c4ccc([Si](C)(C)c5ccccc5)cc4)c(F)ccc23)[n+](C)c1. The van der Waals surface area contributed by atoms with Gasteiger partial charge in [0.1, 0.15) is 32.1 Å². The molecule has 0 unspecified atom stereocenters. The fourth-order valence-electron chi connectivity index (χ4n) is 5.65. The van der Waals surface area contributed by atoms with Gasteiger partial charge < -0.3 is 4.42 Å². The van der Waals surface area contributed by atoms with E-state index in [0.29, 0.717) is 11.1 Å². The van der Waals surface area contributed by atoms with Crippen molar-refractivity contribution < 1.29 is 13.4 Å². The Balaban J connectivity index is 1.53. The van der Waals surface area contributed by atoms with Crippen molar-refractivity contribution in [2.24, 2.45) is 7.05 Å². The third kappa shape index (κ3) is 3.88. The highest BCUT2D eigenvalue weighted by atomic mass is 28.3. The summed E-state index contributed by atoms with van der Waals surface area (Å²) in [7, 11) is 0.198. The second-order valence-corrected chi connectivity index (χ2v) is 15.2. The molecule has 2 aromatic heterocycles. The van der Waals surface area contributed by atoms with Crippen molar-refractivity contribution >= 4 is 40.4 Å². The van der Waals surface area contributed by atoms with Gasteiger partial charge in [0, 0.05) is 22.4 Å². The van der Waals surface area contributed by atoms with Crippen LogP contribution in [0.2, 0.25) is 13.1 Å². The number of halogens is 1. The van der Waals surface area contributed by atoms with Crippen LogP contribution in [-0.2, 0) is 7.05 Å². The van der Waals surface area contributed by atoms with Crippen molar-refractivity contribution in [3.8, 4) is 22.4 Å². The number of nitrogens with zero attached hydrogens (tertiary/aromatic N) is 1. The van der Waals surface area contributed by atoms with E-state index in [4.69, 9.17) is 4.42 Å². The van der Waals surface area contributed by atoms with Gasteiger partial charge in [0.15, 0.2) is 6.20 Å². The molecule has 38 heavy (non-hydrogen) atoms. The molecular formula is C34H31FNOSi+. The van der Waals surface area contributed by atoms with Crippen LogP contribution in [0.5, 0.6) is 0 Å². The Hall–Kier alpha value is -4.02. The zero-order valence-electron chi connectivity index (χ0n) is 22.5. The molecule has 0 aliphatic rings. The zero-order chi connectivity index (χ0) is 26.6. The predicted octanol–water partition coefficient (Wildman–Crippen LogP) is 7.32. The highest BCUT2D eigenvalue weighted by molar-refractivity contribution is 7.00. The maximum atomic E-state index is 15.5. The van der Waals surface area contributed by atoms with Crippen molar-refractivity contribution in [1.29, 1.82) is 0 Å². The largest absolute Gasteiger partial charge is 0.454 e. The highest BCUT2D eigenvalue weighted by Gasteiger charge is 2.27. The molecule has 6 aromatic rings. The van der Waals surface area contributed by atoms with Crippen molar-refractivity contribution in [2.45, 2.75) is 26.9 Å². The van der Waals surface area contributed by atoms with Crippen LogP contribution in [0.3, 0.4) is 0 Å². The molecule has 6 rings (SSSR count). The summed E-state index contributed by atoms with van der Waals surface area (Å²) < 4.78 is 24.2. The average Bonchev–Trinajstić information content (AvgIpc) is 3.28. The topological polar surface area (TPSA) is 17.0 Å². The molecule has 4 aromatic carbocycles. The van der Waals surface area contributed by atoms with E-state index in [1.165, 1.54) is 15.9 Å². The van der Waals surface area contributed by atoms with Crippen LogP contribution in [0.4, 0.5) is 4.39 Å². The van der Waals surface area contributed by atoms with Gasteiger partial charge in [0.2, 0.25) is 5.69 Å². The molecule has 4 heteroatoms. The number of fused-ring (bicyclic) bond motifs is 3. The third-order valence-corrected chi connectivity index (χ3v) is 11.4. The molecule has 0 aliphatic heterocycles. The number of pyridine rings is 1. The maximum Gasteiger partial charge on any atom is 0.216 e. The van der Waals surface area contributed by atoms with Crippen molar-refractivity contribution in [2.75, 3.05) is 0 Å². The van der Waals surface area contributed by atoms with E-state index >= 15 is 4.39 Å². The van der Waals surface area contributed by atoms with Gasteiger partial charge in [-0.25, -0.2) is 8.96 Å². The van der Waals surface area contributed by atoms with Gasteiger partial charge >= 0.3 is 0 Å². The van der Waals surface area contributed by atoms with E-state index in [9.17, 15) is 0 Å². The van der Waals surface area contributed by atoms with E-state index in [0.717, 1.165) is 38.7 Å². The molecule has 188 valence electrons. The minimum Gasteiger partial charge on any atom is -0.454 e. The predicted molar refractivity (Wildman–Crippen MR) is 158 cm³/mol. The number of hydrogen-bond donors (Lipinski definition) is 0. The van der Waals surface area contributed by atoms with Crippen LogP contribution < -0.4 is 14.9 Å². The molecule has 0 saturated heterocycles. The second kappa shape index (κ2) is 9.07. The summed E-state index contributed by atoms with van der Waals surface area (Å²) in [5, 5.41) is 4.62. The van der Waals surface area contributed by atoms with Gasteiger partial charge in [-0.15, -0.1) is 0 Å². The van der Waals surface area contributed by atoms with E-state index in [1.807, 2.05) is 18.2 Å². The molecule has 2 nitrogen and oxygen atoms in total. The Morgan fingerprint density at radius 3 is 2.00 bits per heavy atom. The Morgan fingerprint density at radius 1 is 0.684 bits per heavy atom. The van der Waals surface area contributed by atoms with Crippen molar-refractivity contribution in [3.63, 3.8) is 0 Å². The molecule has 0 spiro atoms. The number of aryl methyl sites for hydroxylation is 3. The fourth-order valence-corrected chi connectivity index (χ4v) is 8.01. The van der Waals surface area contributed by atoms with Crippen LogP contribution in [0, 0.1) is 19.7 Å². The summed E-state index contributed by atoms with van der Waals surface area (Å²) in [6.45, 7) is 8.89. The van der Waals surface area contributed by atoms with Gasteiger partial charge in [-0.05, 0) is 43.2 Å². The molecule has 0 N–H and O–H groups in total. The number of furan rings is 1. The van der Waals surface area contributed by atoms with Gasteiger partial charge in [-0.3, -0.25) is 0 Å². The van der Waals surface area contributed by atoms with Gasteiger partial charge in [0.05, 0.1) is 11.1 Å². The molecule has 2 heterocycles. The second-order valence-electron chi connectivity index (χ2n) is 10.8. The number of rotatable bonds is 4. The number of aromatic nitrogens is 1. The van der Waals surface area contributed by atoms with Crippen molar-refractivity contribution in [1.82, 2.24) is 0 Å². The highest BCUT2D eigenvalue weighted by Crippen LogP contribution is 2.41. The summed E-state index contributed by atoms with van der Waals surface area (Å²) in [6, 6.07) is 31.0. The van der Waals surface area contributed by atoms with Gasteiger partial charge in [-0.1, -0.05) is 90.2 Å². The lowest BCUT2D eigenvalue weighted by atomic mass is 9.98. The summed E-state index contributed by atoms with van der Waals surface area (Å²) in [5.74, 6) is -0.275. The Kier molecular flexibility index (Phi) is 5.80. The van der Waals surface area contributed by atoms with E-state index in [1.54, 1.807) is 6.07 Å². The normalized spacial score (nSPS) is 11.9. The van der Waals surface area contributed by atoms with Gasteiger partial charge in [-0.2, -0.15) is 0 Å². The average molecular weight is 517 g/mol. The standard InChI is InChI=1S/C34H31FNOSi/c1-22-11-20-30(36(3)21-22)31-23(2)12-17-27-28-18-19-29(35)32(34(28)37-33(27)31)24-13-15-26(16-14-24)38(4,5)25-9-7-6-8-10-25/h6-21H,1-5H3/q+1. The smallest absolute Gasteiger partial charge is 0.216 e. The monoisotopic (exact) mass is 516 g/mol. The quantitative estimate of drug-likeness (QED) is 0.177. The molecule has 0 atom stereocenters. The van der Waals surface area contributed by atoms with Crippen LogP contribution in [0.15, 0.2) is 102 Å². The first-order valence-corrected chi connectivity index (χ1v) is 16.0. The summed E-state index contributed by atoms with van der Waals surface area (Å²) >= 11 is 0. The van der Waals surface area contributed by atoms with E-state index in [2.05, 4.69) is 111 Å². The Labute approximate surface area is 224 Å². The Bertz CT molecular complexity index is 1820. The summed E-state index contributed by atoms with van der Waals surface area (Å²) in [5.41, 5.74) is 7.15. The first-order valence-electron chi connectivity index (χ1n) is 13.0. The van der Waals surface area contributed by atoms with Crippen molar-refractivity contribution in [3.05, 3.63) is 114 Å². The fraction of sp³-hybridized carbons (Fsp3) is 0.147. The zero-order valence-corrected chi connectivity index (χ0v) is 23.5. The van der Waals surface area contributed by atoms with E-state index in [-0.39, 0.29) is 5.82 Å². The lowest BCUT2D eigenvalue weighted by Crippen LogP contribution is -2.52. The molecule has 0 amide bonds. The van der Waals surface area contributed by atoms with Crippen LogP contribution >= 0.6 is 0 Å². The third-order valence-electron chi connectivity index (χ3n) is 7.90. The lowest BCUT2D eigenvalue weighted by Gasteiger charge is -2.24. The molecule has 0 saturated carbocycles. The Morgan fingerprint density at radius 2 is 1.32 bits per heavy atom. The lowest BCUT2D eigenvalue weighted by molar-refractivity contribution is -0.660. The van der Waals surface area contributed by atoms with Crippen LogP contribution in [0.25, 0.3) is 44.3 Å². The maximum absolute atomic E-state index is 15.5. The minimum atomic E-state index is -1.85.